The third kappa shape index (κ3) is 14.3. The Morgan fingerprint density at radius 1 is 0.889 bits per heavy atom. The summed E-state index contributed by atoms with van der Waals surface area (Å²) in [4.78, 5) is 31.2. The average molecular weight is 377 g/mol. The lowest BCUT2D eigenvalue weighted by atomic mass is 10.1. The zero-order valence-electron chi connectivity index (χ0n) is 16.0. The van der Waals surface area contributed by atoms with Crippen LogP contribution in [0, 0.1) is 20.2 Å². The highest BCUT2D eigenvalue weighted by Gasteiger charge is 2.11. The SMILES string of the molecule is CCCCC/C=C/C/C=C/C/C(=C/C/C=C(/CCC[C]=O)[N+](=O)[O-])[N+](=O)[O-]. The maximum absolute atomic E-state index is 11.1. The molecule has 0 unspecified atom stereocenters. The van der Waals surface area contributed by atoms with E-state index in [1.165, 1.54) is 31.4 Å². The van der Waals surface area contributed by atoms with E-state index in [0.717, 1.165) is 12.8 Å². The van der Waals surface area contributed by atoms with E-state index in [9.17, 15) is 25.0 Å². The van der Waals surface area contributed by atoms with Gasteiger partial charge in [0.25, 0.3) is 0 Å². The van der Waals surface area contributed by atoms with E-state index in [1.807, 2.05) is 12.2 Å². The van der Waals surface area contributed by atoms with Crippen LogP contribution in [0.15, 0.2) is 47.9 Å². The molecule has 0 aliphatic rings. The second-order valence-electron chi connectivity index (χ2n) is 6.02. The number of rotatable bonds is 16. The van der Waals surface area contributed by atoms with Crippen LogP contribution in [0.5, 0.6) is 0 Å². The van der Waals surface area contributed by atoms with E-state index in [2.05, 4.69) is 13.0 Å². The Kier molecular flexibility index (Phi) is 15.3. The van der Waals surface area contributed by atoms with Crippen molar-refractivity contribution >= 4 is 6.29 Å². The van der Waals surface area contributed by atoms with Crippen LogP contribution in [0.1, 0.15) is 71.1 Å². The summed E-state index contributed by atoms with van der Waals surface area (Å²) in [7, 11) is 0. The van der Waals surface area contributed by atoms with Gasteiger partial charge < -0.3 is 0 Å². The zero-order valence-corrected chi connectivity index (χ0v) is 16.0. The fraction of sp³-hybridized carbons (Fsp3) is 0.550. The number of nitrogens with zero attached hydrogens (tertiary/aromatic N) is 2. The van der Waals surface area contributed by atoms with Crippen LogP contribution in [0.4, 0.5) is 0 Å². The number of allylic oxidation sites excluding steroid dienone is 7. The minimum atomic E-state index is -0.517. The summed E-state index contributed by atoms with van der Waals surface area (Å²) < 4.78 is 0. The first-order valence-electron chi connectivity index (χ1n) is 9.34. The molecule has 0 heterocycles. The highest BCUT2D eigenvalue weighted by atomic mass is 16.6. The predicted octanol–water partition coefficient (Wildman–Crippen LogP) is 5.45. The second kappa shape index (κ2) is 16.9. The predicted molar refractivity (Wildman–Crippen MR) is 106 cm³/mol. The van der Waals surface area contributed by atoms with Gasteiger partial charge in [0.05, 0.1) is 16.3 Å². The molecule has 0 aliphatic carbocycles. The van der Waals surface area contributed by atoms with Crippen LogP contribution < -0.4 is 0 Å². The van der Waals surface area contributed by atoms with Crippen molar-refractivity contribution in [3.63, 3.8) is 0 Å². The summed E-state index contributed by atoms with van der Waals surface area (Å²) in [5.74, 6) is 0. The lowest BCUT2D eigenvalue weighted by Gasteiger charge is -1.96. The molecule has 0 spiro atoms. The van der Waals surface area contributed by atoms with Gasteiger partial charge in [-0.25, -0.2) is 0 Å². The van der Waals surface area contributed by atoms with Crippen LogP contribution in [-0.2, 0) is 4.79 Å². The molecule has 1 radical (unpaired) electrons. The van der Waals surface area contributed by atoms with Crippen molar-refractivity contribution in [3.8, 4) is 0 Å². The Labute approximate surface area is 160 Å². The van der Waals surface area contributed by atoms with E-state index in [0.29, 0.717) is 6.42 Å². The molecule has 149 valence electrons. The van der Waals surface area contributed by atoms with E-state index < -0.39 is 9.85 Å². The first kappa shape index (κ1) is 24.4. The monoisotopic (exact) mass is 377 g/mol. The molecule has 0 amide bonds. The zero-order chi connectivity index (χ0) is 20.3. The van der Waals surface area contributed by atoms with Crippen LogP contribution in [0.25, 0.3) is 0 Å². The van der Waals surface area contributed by atoms with Gasteiger partial charge in [-0.1, -0.05) is 44.1 Å². The smallest absolute Gasteiger partial charge is 0.246 e. The van der Waals surface area contributed by atoms with Gasteiger partial charge in [0, 0.05) is 12.8 Å². The third-order valence-corrected chi connectivity index (χ3v) is 3.79. The van der Waals surface area contributed by atoms with Gasteiger partial charge in [0.15, 0.2) is 6.29 Å². The number of hydrogen-bond donors (Lipinski definition) is 0. The molecule has 7 nitrogen and oxygen atoms in total. The summed E-state index contributed by atoms with van der Waals surface area (Å²) in [6.07, 6.45) is 18.5. The maximum atomic E-state index is 11.1. The van der Waals surface area contributed by atoms with Crippen molar-refractivity contribution in [2.45, 2.75) is 71.1 Å². The second-order valence-corrected chi connectivity index (χ2v) is 6.02. The lowest BCUT2D eigenvalue weighted by Crippen LogP contribution is -2.00. The van der Waals surface area contributed by atoms with Gasteiger partial charge >= 0.3 is 0 Å². The molecular formula is C20H29N2O5. The van der Waals surface area contributed by atoms with Gasteiger partial charge in [-0.05, 0) is 44.3 Å². The molecule has 0 saturated carbocycles. The Hall–Kier alpha value is -2.57. The summed E-state index contributed by atoms with van der Waals surface area (Å²) in [5, 5.41) is 22.0. The maximum Gasteiger partial charge on any atom is 0.246 e. The molecule has 0 saturated heterocycles. The van der Waals surface area contributed by atoms with Crippen LogP contribution >= 0.6 is 0 Å². The minimum Gasteiger partial charge on any atom is -0.291 e. The Balaban J connectivity index is 4.49. The summed E-state index contributed by atoms with van der Waals surface area (Å²) in [6, 6.07) is 0. The Morgan fingerprint density at radius 2 is 1.56 bits per heavy atom. The first-order valence-corrected chi connectivity index (χ1v) is 9.34. The highest BCUT2D eigenvalue weighted by Crippen LogP contribution is 2.11. The molecule has 0 rings (SSSR count). The van der Waals surface area contributed by atoms with Gasteiger partial charge in [-0.3, -0.25) is 25.0 Å². The molecule has 0 N–H and O–H groups in total. The minimum absolute atomic E-state index is 0.0124. The van der Waals surface area contributed by atoms with Gasteiger partial charge in [0.2, 0.25) is 11.4 Å². The first-order chi connectivity index (χ1) is 13.0. The standard InChI is InChI=1S/C20H29N2O5/c1-2-3-4-5-6-7-8-9-10-14-19(21(24)25)16-13-17-20(22(26)27)15-11-12-18-23/h6-7,9-10,16-17H,2-5,8,11-15H2,1H3/b7-6+,10-9+,19-16-,20-17-. The largest absolute Gasteiger partial charge is 0.291 e. The fourth-order valence-corrected chi connectivity index (χ4v) is 2.28. The molecule has 0 aromatic rings. The molecular weight excluding hydrogens is 348 g/mol. The molecule has 0 bridgehead atoms. The average Bonchev–Trinajstić information content (AvgIpc) is 2.63. The van der Waals surface area contributed by atoms with Crippen molar-refractivity contribution in [2.75, 3.05) is 0 Å². The molecule has 0 aliphatic heterocycles. The molecule has 27 heavy (non-hydrogen) atoms. The number of unbranched alkanes of at least 4 members (excludes halogenated alkanes) is 4. The summed E-state index contributed by atoms with van der Waals surface area (Å²) in [5.41, 5.74) is -0.0219. The fourth-order valence-electron chi connectivity index (χ4n) is 2.28. The molecule has 0 aromatic heterocycles. The van der Waals surface area contributed by atoms with Crippen molar-refractivity contribution < 1.29 is 14.6 Å². The molecule has 7 heteroatoms. The van der Waals surface area contributed by atoms with E-state index in [-0.39, 0.29) is 37.1 Å². The van der Waals surface area contributed by atoms with Crippen LogP contribution in [-0.4, -0.2) is 16.1 Å². The van der Waals surface area contributed by atoms with Gasteiger partial charge in [0.1, 0.15) is 0 Å². The summed E-state index contributed by atoms with van der Waals surface area (Å²) in [6.45, 7) is 2.16. The third-order valence-electron chi connectivity index (χ3n) is 3.79. The van der Waals surface area contributed by atoms with Crippen molar-refractivity contribution in [3.05, 3.63) is 68.1 Å². The normalized spacial score (nSPS) is 12.8. The summed E-state index contributed by atoms with van der Waals surface area (Å²) >= 11 is 0. The Morgan fingerprint density at radius 3 is 2.19 bits per heavy atom. The van der Waals surface area contributed by atoms with Gasteiger partial charge in [-0.2, -0.15) is 0 Å². The van der Waals surface area contributed by atoms with Crippen molar-refractivity contribution in [1.82, 2.24) is 0 Å². The molecule has 0 atom stereocenters. The lowest BCUT2D eigenvalue weighted by molar-refractivity contribution is -0.428. The van der Waals surface area contributed by atoms with Crippen molar-refractivity contribution in [1.29, 1.82) is 0 Å². The number of nitro groups is 2. The van der Waals surface area contributed by atoms with E-state index >= 15 is 0 Å². The van der Waals surface area contributed by atoms with E-state index in [1.54, 1.807) is 12.4 Å². The topological polar surface area (TPSA) is 103 Å². The quantitative estimate of drug-likeness (QED) is 0.154. The van der Waals surface area contributed by atoms with E-state index in [4.69, 9.17) is 0 Å². The number of carbonyl (C=O) groups excluding carboxylic acids is 1. The molecule has 0 aromatic carbocycles. The molecule has 0 fully saturated rings. The van der Waals surface area contributed by atoms with Crippen molar-refractivity contribution in [2.24, 2.45) is 0 Å². The van der Waals surface area contributed by atoms with Crippen LogP contribution in [0.3, 0.4) is 0 Å². The van der Waals surface area contributed by atoms with Gasteiger partial charge in [-0.15, -0.1) is 0 Å². The highest BCUT2D eigenvalue weighted by molar-refractivity contribution is 5.50. The number of hydrogen-bond acceptors (Lipinski definition) is 5. The Bertz CT molecular complexity index is 577. The van der Waals surface area contributed by atoms with Crippen LogP contribution in [0.2, 0.25) is 0 Å².